The summed E-state index contributed by atoms with van der Waals surface area (Å²) in [5.41, 5.74) is 0.882. The maximum Gasteiger partial charge on any atom is 0.358 e. The molecule has 1 aliphatic heterocycles. The number of rotatable bonds is 5. The SMILES string of the molecule is COC(=O)c1cc2n(n1)C[C@@](C)(C(=O)NC1CCCCCC1)N(c1ccc(C(C)C)cc1)C2=O. The van der Waals surface area contributed by atoms with Crippen LogP contribution in [0.5, 0.6) is 0 Å². The molecular weight excluding hydrogens is 432 g/mol. The normalized spacial score (nSPS) is 21.2. The van der Waals surface area contributed by atoms with Crippen molar-refractivity contribution in [3.05, 3.63) is 47.3 Å². The van der Waals surface area contributed by atoms with Gasteiger partial charge >= 0.3 is 5.97 Å². The number of anilines is 1. The molecule has 2 aliphatic rings. The van der Waals surface area contributed by atoms with E-state index in [4.69, 9.17) is 4.74 Å². The molecule has 0 radical (unpaired) electrons. The second kappa shape index (κ2) is 9.60. The van der Waals surface area contributed by atoms with Crippen molar-refractivity contribution in [3.8, 4) is 0 Å². The van der Waals surface area contributed by atoms with Gasteiger partial charge in [0.25, 0.3) is 5.91 Å². The number of hydrogen-bond donors (Lipinski definition) is 1. The molecule has 1 aromatic heterocycles. The number of benzene rings is 1. The van der Waals surface area contributed by atoms with Crippen LogP contribution in [0.3, 0.4) is 0 Å². The molecular formula is C26H34N4O4. The quantitative estimate of drug-likeness (QED) is 0.530. The number of methoxy groups -OCH3 is 1. The molecule has 1 aromatic carbocycles. The van der Waals surface area contributed by atoms with E-state index >= 15 is 0 Å². The van der Waals surface area contributed by atoms with Gasteiger partial charge in [0.05, 0.1) is 13.7 Å². The number of esters is 1. The van der Waals surface area contributed by atoms with E-state index in [-0.39, 0.29) is 35.8 Å². The lowest BCUT2D eigenvalue weighted by molar-refractivity contribution is -0.127. The van der Waals surface area contributed by atoms with Crippen LogP contribution in [0.2, 0.25) is 0 Å². The molecule has 1 atom stereocenters. The van der Waals surface area contributed by atoms with E-state index in [9.17, 15) is 14.4 Å². The highest BCUT2D eigenvalue weighted by atomic mass is 16.5. The lowest BCUT2D eigenvalue weighted by atomic mass is 9.92. The summed E-state index contributed by atoms with van der Waals surface area (Å²) in [6, 6.07) is 9.28. The van der Waals surface area contributed by atoms with Crippen LogP contribution in [0, 0.1) is 0 Å². The largest absolute Gasteiger partial charge is 0.464 e. The van der Waals surface area contributed by atoms with Crippen molar-refractivity contribution in [2.24, 2.45) is 0 Å². The molecule has 8 nitrogen and oxygen atoms in total. The maximum atomic E-state index is 13.8. The number of carbonyl (C=O) groups excluding carboxylic acids is 3. The average molecular weight is 467 g/mol. The Morgan fingerprint density at radius 1 is 1.12 bits per heavy atom. The third kappa shape index (κ3) is 4.45. The zero-order valence-electron chi connectivity index (χ0n) is 20.5. The average Bonchev–Trinajstić information content (AvgIpc) is 3.07. The lowest BCUT2D eigenvalue weighted by Crippen LogP contribution is -2.65. The van der Waals surface area contributed by atoms with Gasteiger partial charge in [0.15, 0.2) is 5.69 Å². The van der Waals surface area contributed by atoms with E-state index in [1.54, 1.807) is 11.8 Å². The van der Waals surface area contributed by atoms with Crippen LogP contribution in [0.25, 0.3) is 0 Å². The van der Waals surface area contributed by atoms with Gasteiger partial charge in [-0.3, -0.25) is 19.2 Å². The summed E-state index contributed by atoms with van der Waals surface area (Å²) in [7, 11) is 1.27. The number of nitrogens with zero attached hydrogens (tertiary/aromatic N) is 3. The van der Waals surface area contributed by atoms with Crippen LogP contribution in [-0.4, -0.2) is 46.3 Å². The molecule has 2 heterocycles. The first kappa shape index (κ1) is 24.0. The summed E-state index contributed by atoms with van der Waals surface area (Å²) in [5.74, 6) is -0.849. The molecule has 34 heavy (non-hydrogen) atoms. The molecule has 0 bridgehead atoms. The summed E-state index contributed by atoms with van der Waals surface area (Å²) >= 11 is 0. The topological polar surface area (TPSA) is 93.5 Å². The third-order valence-corrected chi connectivity index (χ3v) is 7.05. The van der Waals surface area contributed by atoms with Crippen molar-refractivity contribution >= 4 is 23.5 Å². The summed E-state index contributed by atoms with van der Waals surface area (Å²) in [4.78, 5) is 41.2. The minimum atomic E-state index is -1.21. The van der Waals surface area contributed by atoms with Gasteiger partial charge in [0.2, 0.25) is 5.91 Å². The molecule has 4 rings (SSSR count). The van der Waals surface area contributed by atoms with Crippen LogP contribution < -0.4 is 10.2 Å². The molecule has 8 heteroatoms. The molecule has 1 N–H and O–H groups in total. The lowest BCUT2D eigenvalue weighted by Gasteiger charge is -2.43. The molecule has 0 unspecified atom stereocenters. The van der Waals surface area contributed by atoms with Gasteiger partial charge in [-0.15, -0.1) is 0 Å². The summed E-state index contributed by atoms with van der Waals surface area (Å²) < 4.78 is 6.25. The second-order valence-corrected chi connectivity index (χ2v) is 9.89. The number of carbonyl (C=O) groups is 3. The highest BCUT2D eigenvalue weighted by Crippen LogP contribution is 2.34. The van der Waals surface area contributed by atoms with Gasteiger partial charge in [-0.25, -0.2) is 4.79 Å². The molecule has 0 saturated heterocycles. The third-order valence-electron chi connectivity index (χ3n) is 7.05. The molecule has 1 saturated carbocycles. The molecule has 2 amide bonds. The Hall–Kier alpha value is -3.16. The van der Waals surface area contributed by atoms with Crippen molar-refractivity contribution in [1.29, 1.82) is 0 Å². The van der Waals surface area contributed by atoms with Crippen molar-refractivity contribution in [2.45, 2.75) is 83.3 Å². The standard InChI is InChI=1S/C26H34N4O4/c1-17(2)18-11-13-20(14-12-18)30-23(31)22-15-21(24(32)34-4)28-29(22)16-26(30,3)25(33)27-19-9-7-5-6-8-10-19/h11-15,17,19H,5-10,16H2,1-4H3,(H,27,33)/t26-/m0/s1. The minimum Gasteiger partial charge on any atom is -0.464 e. The van der Waals surface area contributed by atoms with Crippen LogP contribution >= 0.6 is 0 Å². The summed E-state index contributed by atoms with van der Waals surface area (Å²) in [6.07, 6.45) is 6.43. The Bertz CT molecular complexity index is 1070. The number of aromatic nitrogens is 2. The smallest absolute Gasteiger partial charge is 0.358 e. The van der Waals surface area contributed by atoms with Gasteiger partial charge in [0, 0.05) is 17.8 Å². The molecule has 2 aromatic rings. The fraction of sp³-hybridized carbons (Fsp3) is 0.538. The highest BCUT2D eigenvalue weighted by Gasteiger charge is 2.49. The van der Waals surface area contributed by atoms with E-state index in [2.05, 4.69) is 24.3 Å². The number of nitrogens with one attached hydrogen (secondary N) is 1. The number of ether oxygens (including phenoxy) is 1. The molecule has 1 fully saturated rings. The zero-order chi connectivity index (χ0) is 24.5. The van der Waals surface area contributed by atoms with Crippen LogP contribution in [0.15, 0.2) is 30.3 Å². The summed E-state index contributed by atoms with van der Waals surface area (Å²) in [5, 5.41) is 7.52. The first-order valence-electron chi connectivity index (χ1n) is 12.2. The predicted octanol–water partition coefficient (Wildman–Crippen LogP) is 4.05. The van der Waals surface area contributed by atoms with Gasteiger partial charge in [-0.1, -0.05) is 51.7 Å². The Morgan fingerprint density at radius 3 is 2.35 bits per heavy atom. The van der Waals surface area contributed by atoms with Crippen molar-refractivity contribution in [2.75, 3.05) is 12.0 Å². The Balaban J connectivity index is 1.74. The van der Waals surface area contributed by atoms with Gasteiger partial charge in [-0.05, 0) is 43.4 Å². The number of amides is 2. The molecule has 182 valence electrons. The number of fused-ring (bicyclic) bond motifs is 1. The second-order valence-electron chi connectivity index (χ2n) is 9.89. The van der Waals surface area contributed by atoms with E-state index < -0.39 is 11.5 Å². The Morgan fingerprint density at radius 2 is 1.76 bits per heavy atom. The van der Waals surface area contributed by atoms with Crippen molar-refractivity contribution in [1.82, 2.24) is 15.1 Å². The Kier molecular flexibility index (Phi) is 6.77. The fourth-order valence-corrected chi connectivity index (χ4v) is 4.96. The van der Waals surface area contributed by atoms with E-state index in [0.29, 0.717) is 11.6 Å². The van der Waals surface area contributed by atoms with E-state index in [0.717, 1.165) is 31.2 Å². The maximum absolute atomic E-state index is 13.8. The minimum absolute atomic E-state index is 0.0504. The fourth-order valence-electron chi connectivity index (χ4n) is 4.96. The predicted molar refractivity (Wildman–Crippen MR) is 129 cm³/mol. The van der Waals surface area contributed by atoms with Gasteiger partial charge < -0.3 is 10.1 Å². The highest BCUT2D eigenvalue weighted by molar-refractivity contribution is 6.12. The van der Waals surface area contributed by atoms with Gasteiger partial charge in [-0.2, -0.15) is 5.10 Å². The van der Waals surface area contributed by atoms with Crippen LogP contribution in [0.4, 0.5) is 5.69 Å². The molecule has 0 spiro atoms. The van der Waals surface area contributed by atoms with Gasteiger partial charge in [0.1, 0.15) is 11.2 Å². The summed E-state index contributed by atoms with van der Waals surface area (Å²) in [6.45, 7) is 6.13. The first-order valence-corrected chi connectivity index (χ1v) is 12.2. The number of hydrogen-bond acceptors (Lipinski definition) is 5. The zero-order valence-corrected chi connectivity index (χ0v) is 20.5. The van der Waals surface area contributed by atoms with E-state index in [1.807, 2.05) is 24.3 Å². The van der Waals surface area contributed by atoms with Crippen LogP contribution in [-0.2, 0) is 16.1 Å². The Labute approximate surface area is 200 Å². The van der Waals surface area contributed by atoms with Crippen LogP contribution in [0.1, 0.15) is 91.8 Å². The monoisotopic (exact) mass is 466 g/mol. The molecule has 1 aliphatic carbocycles. The van der Waals surface area contributed by atoms with Crippen molar-refractivity contribution < 1.29 is 19.1 Å². The van der Waals surface area contributed by atoms with Crippen molar-refractivity contribution in [3.63, 3.8) is 0 Å². The first-order chi connectivity index (χ1) is 16.2. The van der Waals surface area contributed by atoms with E-state index in [1.165, 1.54) is 30.7 Å².